The number of hydrogen-bond acceptors (Lipinski definition) is 3. The maximum Gasteiger partial charge on any atom is 0.320 e. The van der Waals surface area contributed by atoms with Gasteiger partial charge < -0.3 is 15.3 Å². The zero-order valence-electron chi connectivity index (χ0n) is 10.4. The van der Waals surface area contributed by atoms with Crippen LogP contribution < -0.4 is 5.32 Å². The minimum absolute atomic E-state index is 0.402. The number of likely N-dealkylation sites (N-methyl/N-ethyl adjacent to an activating group) is 1. The molecule has 1 aliphatic rings. The van der Waals surface area contributed by atoms with Crippen molar-refractivity contribution in [2.24, 2.45) is 5.92 Å². The third-order valence-electron chi connectivity index (χ3n) is 3.49. The van der Waals surface area contributed by atoms with Crippen molar-refractivity contribution in [3.8, 4) is 0 Å². The highest BCUT2D eigenvalue weighted by Crippen LogP contribution is 2.16. The first kappa shape index (κ1) is 13.5. The molecule has 0 spiro atoms. The summed E-state index contributed by atoms with van der Waals surface area (Å²) in [6.45, 7) is 5.44. The summed E-state index contributed by atoms with van der Waals surface area (Å²) in [5.41, 5.74) is 0. The molecule has 0 aromatic carbocycles. The van der Waals surface area contributed by atoms with Gasteiger partial charge in [0.1, 0.15) is 6.04 Å². The molecule has 1 fully saturated rings. The summed E-state index contributed by atoms with van der Waals surface area (Å²) >= 11 is 0. The number of nitrogens with zero attached hydrogens (tertiary/aromatic N) is 1. The van der Waals surface area contributed by atoms with Crippen LogP contribution in [0.1, 0.15) is 32.6 Å². The van der Waals surface area contributed by atoms with Crippen LogP contribution >= 0.6 is 0 Å². The summed E-state index contributed by atoms with van der Waals surface area (Å²) in [7, 11) is 1.71. The minimum Gasteiger partial charge on any atom is -0.480 e. The lowest BCUT2D eigenvalue weighted by molar-refractivity contribution is -0.139. The van der Waals surface area contributed by atoms with Gasteiger partial charge in [-0.25, -0.2) is 0 Å². The van der Waals surface area contributed by atoms with E-state index in [0.717, 1.165) is 25.6 Å². The molecule has 4 nitrogen and oxygen atoms in total. The first-order chi connectivity index (χ1) is 7.63. The molecule has 4 heteroatoms. The zero-order valence-corrected chi connectivity index (χ0v) is 10.4. The van der Waals surface area contributed by atoms with Crippen molar-refractivity contribution >= 4 is 5.97 Å². The van der Waals surface area contributed by atoms with E-state index in [1.165, 1.54) is 19.3 Å². The number of carboxylic acids is 1. The third-order valence-corrected chi connectivity index (χ3v) is 3.49. The van der Waals surface area contributed by atoms with Crippen molar-refractivity contribution in [3.63, 3.8) is 0 Å². The molecule has 0 aromatic heterocycles. The summed E-state index contributed by atoms with van der Waals surface area (Å²) < 4.78 is 0. The molecule has 0 aromatic rings. The van der Waals surface area contributed by atoms with Crippen LogP contribution in [0, 0.1) is 5.92 Å². The summed E-state index contributed by atoms with van der Waals surface area (Å²) in [4.78, 5) is 13.2. The number of carboxylic acid groups (broad SMARTS) is 1. The predicted octanol–water partition coefficient (Wildman–Crippen LogP) is 1.17. The quantitative estimate of drug-likeness (QED) is 0.741. The predicted molar refractivity (Wildman–Crippen MR) is 64.6 cm³/mol. The first-order valence-corrected chi connectivity index (χ1v) is 6.26. The Morgan fingerprint density at radius 3 is 2.88 bits per heavy atom. The standard InChI is InChI=1S/C12H24N2O2/c1-10-4-3-7-14(8-5-10)9-6-11(13-2)12(15)16/h10-11,13H,3-9H2,1-2H3,(H,15,16). The van der Waals surface area contributed by atoms with Crippen molar-refractivity contribution in [2.75, 3.05) is 26.7 Å². The smallest absolute Gasteiger partial charge is 0.320 e. The Morgan fingerprint density at radius 2 is 2.25 bits per heavy atom. The van der Waals surface area contributed by atoms with Gasteiger partial charge in [-0.2, -0.15) is 0 Å². The molecule has 1 rings (SSSR count). The Labute approximate surface area is 98.0 Å². The van der Waals surface area contributed by atoms with Gasteiger partial charge in [-0.05, 0) is 51.7 Å². The van der Waals surface area contributed by atoms with Crippen molar-refractivity contribution in [2.45, 2.75) is 38.6 Å². The molecule has 0 amide bonds. The summed E-state index contributed by atoms with van der Waals surface area (Å²) in [6, 6.07) is -0.402. The van der Waals surface area contributed by atoms with Crippen molar-refractivity contribution in [1.29, 1.82) is 0 Å². The highest BCUT2D eigenvalue weighted by molar-refractivity contribution is 5.73. The lowest BCUT2D eigenvalue weighted by Gasteiger charge is -2.21. The molecule has 0 saturated carbocycles. The molecule has 0 bridgehead atoms. The van der Waals surface area contributed by atoms with E-state index in [1.807, 2.05) is 0 Å². The van der Waals surface area contributed by atoms with Crippen molar-refractivity contribution in [1.82, 2.24) is 10.2 Å². The molecule has 2 atom stereocenters. The monoisotopic (exact) mass is 228 g/mol. The number of nitrogens with one attached hydrogen (secondary N) is 1. The Morgan fingerprint density at radius 1 is 1.50 bits per heavy atom. The van der Waals surface area contributed by atoms with Gasteiger partial charge in [0.15, 0.2) is 0 Å². The van der Waals surface area contributed by atoms with Gasteiger partial charge in [-0.3, -0.25) is 4.79 Å². The van der Waals surface area contributed by atoms with E-state index in [-0.39, 0.29) is 0 Å². The molecule has 0 aliphatic carbocycles. The maximum absolute atomic E-state index is 10.8. The maximum atomic E-state index is 10.8. The number of carbonyl (C=O) groups is 1. The van der Waals surface area contributed by atoms with Crippen LogP contribution in [0.25, 0.3) is 0 Å². The Hall–Kier alpha value is -0.610. The van der Waals surface area contributed by atoms with Crippen LogP contribution in [-0.2, 0) is 4.79 Å². The Kier molecular flexibility index (Phi) is 5.77. The summed E-state index contributed by atoms with van der Waals surface area (Å²) in [5, 5.41) is 11.8. The van der Waals surface area contributed by atoms with Crippen LogP contribution in [0.4, 0.5) is 0 Å². The number of likely N-dealkylation sites (tertiary alicyclic amines) is 1. The van der Waals surface area contributed by atoms with Crippen molar-refractivity contribution < 1.29 is 9.90 Å². The fourth-order valence-corrected chi connectivity index (χ4v) is 2.25. The molecule has 1 aliphatic heterocycles. The number of aliphatic carboxylic acids is 1. The van der Waals surface area contributed by atoms with E-state index in [4.69, 9.17) is 5.11 Å². The van der Waals surface area contributed by atoms with E-state index in [2.05, 4.69) is 17.1 Å². The van der Waals surface area contributed by atoms with Gasteiger partial charge in [0.25, 0.3) is 0 Å². The fourth-order valence-electron chi connectivity index (χ4n) is 2.25. The van der Waals surface area contributed by atoms with Crippen LogP contribution in [-0.4, -0.2) is 48.7 Å². The van der Waals surface area contributed by atoms with Crippen LogP contribution in [0.15, 0.2) is 0 Å². The Bertz CT molecular complexity index is 221. The minimum atomic E-state index is -0.745. The lowest BCUT2D eigenvalue weighted by atomic mass is 10.0. The second-order valence-electron chi connectivity index (χ2n) is 4.85. The van der Waals surface area contributed by atoms with E-state index in [0.29, 0.717) is 6.42 Å². The van der Waals surface area contributed by atoms with Gasteiger partial charge in [-0.1, -0.05) is 6.92 Å². The van der Waals surface area contributed by atoms with Gasteiger partial charge in [-0.15, -0.1) is 0 Å². The van der Waals surface area contributed by atoms with E-state index in [9.17, 15) is 4.79 Å². The highest BCUT2D eigenvalue weighted by atomic mass is 16.4. The van der Waals surface area contributed by atoms with E-state index < -0.39 is 12.0 Å². The molecule has 2 unspecified atom stereocenters. The molecule has 94 valence electrons. The largest absolute Gasteiger partial charge is 0.480 e. The van der Waals surface area contributed by atoms with Crippen LogP contribution in [0.5, 0.6) is 0 Å². The van der Waals surface area contributed by atoms with Gasteiger partial charge >= 0.3 is 5.97 Å². The highest BCUT2D eigenvalue weighted by Gasteiger charge is 2.18. The molecule has 0 radical (unpaired) electrons. The Balaban J connectivity index is 2.28. The van der Waals surface area contributed by atoms with Gasteiger partial charge in [0.05, 0.1) is 0 Å². The second kappa shape index (κ2) is 6.86. The third kappa shape index (κ3) is 4.49. The molecule has 1 saturated heterocycles. The molecule has 1 heterocycles. The topological polar surface area (TPSA) is 52.6 Å². The van der Waals surface area contributed by atoms with Crippen LogP contribution in [0.2, 0.25) is 0 Å². The van der Waals surface area contributed by atoms with Gasteiger partial charge in [0.2, 0.25) is 0 Å². The average molecular weight is 228 g/mol. The van der Waals surface area contributed by atoms with Crippen molar-refractivity contribution in [3.05, 3.63) is 0 Å². The normalized spacial score (nSPS) is 25.0. The number of hydrogen-bond donors (Lipinski definition) is 2. The summed E-state index contributed by atoms with van der Waals surface area (Å²) in [6.07, 6.45) is 4.50. The molecule has 2 N–H and O–H groups in total. The van der Waals surface area contributed by atoms with Crippen LogP contribution in [0.3, 0.4) is 0 Å². The second-order valence-corrected chi connectivity index (χ2v) is 4.85. The number of rotatable bonds is 5. The first-order valence-electron chi connectivity index (χ1n) is 6.26. The molecule has 16 heavy (non-hydrogen) atoms. The SMILES string of the molecule is CNC(CCN1CCCC(C)CC1)C(=O)O. The van der Waals surface area contributed by atoms with E-state index >= 15 is 0 Å². The zero-order chi connectivity index (χ0) is 12.0. The molecular formula is C12H24N2O2. The van der Waals surface area contributed by atoms with E-state index in [1.54, 1.807) is 7.05 Å². The fraction of sp³-hybridized carbons (Fsp3) is 0.917. The van der Waals surface area contributed by atoms with Gasteiger partial charge in [0, 0.05) is 6.54 Å². The summed E-state index contributed by atoms with van der Waals surface area (Å²) in [5.74, 6) is 0.0789. The molecular weight excluding hydrogens is 204 g/mol. The average Bonchev–Trinajstić information content (AvgIpc) is 2.44. The lowest BCUT2D eigenvalue weighted by Crippen LogP contribution is -2.38.